The zero-order valence-electron chi connectivity index (χ0n) is 20.6. The van der Waals surface area contributed by atoms with Gasteiger partial charge in [0.05, 0.1) is 0 Å². The van der Waals surface area contributed by atoms with Gasteiger partial charge in [0, 0.05) is 0 Å². The molecule has 0 heterocycles. The van der Waals surface area contributed by atoms with Crippen molar-refractivity contribution in [1.29, 1.82) is 0 Å². The Morgan fingerprint density at radius 3 is 1.15 bits per heavy atom. The predicted molar refractivity (Wildman–Crippen MR) is 146 cm³/mol. The van der Waals surface area contributed by atoms with Gasteiger partial charge in [-0.25, -0.2) is 0 Å². The number of benzene rings is 2. The molecule has 0 aliphatic heterocycles. The van der Waals surface area contributed by atoms with Crippen LogP contribution in [0.1, 0.15) is 101 Å². The molecule has 0 unspecified atom stereocenters. The van der Waals surface area contributed by atoms with Crippen LogP contribution in [0.2, 0.25) is 0 Å². The van der Waals surface area contributed by atoms with Crippen LogP contribution >= 0.6 is 11.8 Å². The van der Waals surface area contributed by atoms with Crippen LogP contribution in [0.5, 0.6) is 11.5 Å². The van der Waals surface area contributed by atoms with E-state index < -0.39 is 0 Å². The Kier molecular flexibility index (Phi) is 15.7. The lowest BCUT2D eigenvalue weighted by Gasteiger charge is -2.05. The summed E-state index contributed by atoms with van der Waals surface area (Å²) in [5.74, 6) is 3.57. The third kappa shape index (κ3) is 13.6. The van der Waals surface area contributed by atoms with Gasteiger partial charge in [0.25, 0.3) is 0 Å². The van der Waals surface area contributed by atoms with Crippen LogP contribution < -0.4 is 0 Å². The maximum absolute atomic E-state index is 9.79. The van der Waals surface area contributed by atoms with E-state index in [9.17, 15) is 10.2 Å². The monoisotopic (exact) mass is 470 g/mol. The summed E-state index contributed by atoms with van der Waals surface area (Å²) in [6.07, 6.45) is 20.6. The predicted octanol–water partition coefficient (Wildman–Crippen LogP) is 9.08. The number of hydrogen-bond acceptors (Lipinski definition) is 3. The Morgan fingerprint density at radius 1 is 0.424 bits per heavy atom. The van der Waals surface area contributed by atoms with Crippen LogP contribution in [0.3, 0.4) is 0 Å². The summed E-state index contributed by atoms with van der Waals surface area (Å²) in [7, 11) is 0. The highest BCUT2D eigenvalue weighted by atomic mass is 32.2. The van der Waals surface area contributed by atoms with Gasteiger partial charge in [0.15, 0.2) is 0 Å². The summed E-state index contributed by atoms with van der Waals surface area (Å²) in [6, 6.07) is 15.5. The number of para-hydroxylation sites is 2. The van der Waals surface area contributed by atoms with Gasteiger partial charge < -0.3 is 10.2 Å². The van der Waals surface area contributed by atoms with Crippen LogP contribution in [0.4, 0.5) is 0 Å². The third-order valence-electron chi connectivity index (χ3n) is 6.45. The molecule has 0 fully saturated rings. The molecule has 184 valence electrons. The number of aryl methyl sites for hydroxylation is 2. The van der Waals surface area contributed by atoms with Crippen LogP contribution in [-0.4, -0.2) is 21.7 Å². The van der Waals surface area contributed by atoms with Crippen molar-refractivity contribution in [3.8, 4) is 11.5 Å². The van der Waals surface area contributed by atoms with Gasteiger partial charge in [-0.2, -0.15) is 11.8 Å². The highest BCUT2D eigenvalue weighted by Crippen LogP contribution is 2.20. The minimum absolute atomic E-state index is 0.451. The van der Waals surface area contributed by atoms with Crippen LogP contribution in [0.25, 0.3) is 0 Å². The van der Waals surface area contributed by atoms with Gasteiger partial charge in [-0.15, -0.1) is 0 Å². The fourth-order valence-electron chi connectivity index (χ4n) is 4.35. The van der Waals surface area contributed by atoms with Gasteiger partial charge in [0.2, 0.25) is 0 Å². The van der Waals surface area contributed by atoms with E-state index in [2.05, 4.69) is 11.8 Å². The van der Waals surface area contributed by atoms with E-state index in [1.165, 1.54) is 101 Å². The highest BCUT2D eigenvalue weighted by Gasteiger charge is 2.00. The maximum Gasteiger partial charge on any atom is 0.118 e. The van der Waals surface area contributed by atoms with E-state index in [1.807, 2.05) is 36.4 Å². The quantitative estimate of drug-likeness (QED) is 0.190. The molecule has 2 N–H and O–H groups in total. The van der Waals surface area contributed by atoms with E-state index in [1.54, 1.807) is 12.1 Å². The summed E-state index contributed by atoms with van der Waals surface area (Å²) in [5.41, 5.74) is 2.19. The molecule has 2 aromatic rings. The van der Waals surface area contributed by atoms with E-state index in [0.29, 0.717) is 11.5 Å². The number of unbranched alkanes of at least 4 members (excludes halogenated alkanes) is 12. The standard InChI is InChI=1S/C30H46O2S/c31-29-23-15-13-21-27(29)19-11-7-3-1-5-9-17-25-33-26-18-10-6-2-4-8-12-20-28-22-14-16-24-30(28)32/h13-16,21-24,31-32H,1-12,17-20,25-26H2. The topological polar surface area (TPSA) is 40.5 Å². The fraction of sp³-hybridized carbons (Fsp3) is 0.600. The molecule has 0 aliphatic carbocycles. The number of rotatable bonds is 20. The van der Waals surface area contributed by atoms with E-state index in [0.717, 1.165) is 24.0 Å². The number of thioether (sulfide) groups is 1. The van der Waals surface area contributed by atoms with Crippen LogP contribution in [0.15, 0.2) is 48.5 Å². The van der Waals surface area contributed by atoms with Crippen molar-refractivity contribution in [2.45, 2.75) is 103 Å². The molecule has 0 aromatic heterocycles. The molecule has 0 radical (unpaired) electrons. The molecule has 33 heavy (non-hydrogen) atoms. The third-order valence-corrected chi connectivity index (χ3v) is 7.61. The molecular formula is C30H46O2S. The van der Waals surface area contributed by atoms with Crippen molar-refractivity contribution in [1.82, 2.24) is 0 Å². The zero-order chi connectivity index (χ0) is 23.4. The van der Waals surface area contributed by atoms with Crippen molar-refractivity contribution >= 4 is 11.8 Å². The fourth-order valence-corrected chi connectivity index (χ4v) is 5.37. The first-order valence-corrected chi connectivity index (χ1v) is 14.5. The average molecular weight is 471 g/mol. The molecule has 0 bridgehead atoms. The first-order valence-electron chi connectivity index (χ1n) is 13.4. The van der Waals surface area contributed by atoms with Gasteiger partial charge in [-0.05, 0) is 73.3 Å². The Bertz CT molecular complexity index is 669. The Balaban J connectivity index is 1.25. The number of phenolic OH excluding ortho intramolecular Hbond substituents is 2. The van der Waals surface area contributed by atoms with Crippen LogP contribution in [-0.2, 0) is 12.8 Å². The molecular weight excluding hydrogens is 424 g/mol. The van der Waals surface area contributed by atoms with E-state index >= 15 is 0 Å². The van der Waals surface area contributed by atoms with E-state index in [4.69, 9.17) is 0 Å². The first-order chi connectivity index (χ1) is 16.3. The van der Waals surface area contributed by atoms with Gasteiger partial charge in [-0.1, -0.05) is 101 Å². The Morgan fingerprint density at radius 2 is 0.758 bits per heavy atom. The molecule has 3 heteroatoms. The normalized spacial score (nSPS) is 11.2. The molecule has 0 atom stereocenters. The van der Waals surface area contributed by atoms with Gasteiger partial charge in [-0.3, -0.25) is 0 Å². The lowest BCUT2D eigenvalue weighted by molar-refractivity contribution is 0.465. The number of aromatic hydroxyl groups is 2. The van der Waals surface area contributed by atoms with Gasteiger partial charge in [0.1, 0.15) is 11.5 Å². The number of phenols is 2. The Labute approximate surface area is 207 Å². The number of hydrogen-bond donors (Lipinski definition) is 2. The second-order valence-corrected chi connectivity index (χ2v) is 10.5. The molecule has 0 saturated heterocycles. The molecule has 2 rings (SSSR count). The lowest BCUT2D eigenvalue weighted by atomic mass is 10.0. The molecule has 2 aromatic carbocycles. The van der Waals surface area contributed by atoms with Gasteiger partial charge >= 0.3 is 0 Å². The van der Waals surface area contributed by atoms with E-state index in [-0.39, 0.29) is 0 Å². The smallest absolute Gasteiger partial charge is 0.118 e. The highest BCUT2D eigenvalue weighted by molar-refractivity contribution is 7.99. The largest absolute Gasteiger partial charge is 0.508 e. The SMILES string of the molecule is Oc1ccccc1CCCCCCCCCSCCCCCCCCCc1ccccc1O. The van der Waals surface area contributed by atoms with Crippen molar-refractivity contribution < 1.29 is 10.2 Å². The van der Waals surface area contributed by atoms with Crippen molar-refractivity contribution in [3.63, 3.8) is 0 Å². The summed E-state index contributed by atoms with van der Waals surface area (Å²) in [5, 5.41) is 19.6. The first kappa shape index (κ1) is 27.6. The molecule has 0 saturated carbocycles. The molecule has 0 spiro atoms. The minimum atomic E-state index is 0.451. The van der Waals surface area contributed by atoms with Crippen molar-refractivity contribution in [2.75, 3.05) is 11.5 Å². The van der Waals surface area contributed by atoms with Crippen molar-refractivity contribution in [3.05, 3.63) is 59.7 Å². The van der Waals surface area contributed by atoms with Crippen molar-refractivity contribution in [2.24, 2.45) is 0 Å². The molecule has 0 aliphatic rings. The summed E-state index contributed by atoms with van der Waals surface area (Å²) >= 11 is 2.15. The second-order valence-electron chi connectivity index (χ2n) is 9.32. The second kappa shape index (κ2) is 18.8. The summed E-state index contributed by atoms with van der Waals surface area (Å²) < 4.78 is 0. The average Bonchev–Trinajstić information content (AvgIpc) is 2.82. The zero-order valence-corrected chi connectivity index (χ0v) is 21.5. The summed E-state index contributed by atoms with van der Waals surface area (Å²) in [4.78, 5) is 0. The lowest BCUT2D eigenvalue weighted by Crippen LogP contribution is -1.89. The molecule has 0 amide bonds. The van der Waals surface area contributed by atoms with Crippen LogP contribution in [0, 0.1) is 0 Å². The minimum Gasteiger partial charge on any atom is -0.508 e. The summed E-state index contributed by atoms with van der Waals surface area (Å²) in [6.45, 7) is 0. The Hall–Kier alpha value is -1.61. The molecule has 2 nitrogen and oxygen atoms in total. The maximum atomic E-state index is 9.79.